The molecular weight excluding hydrogens is 594 g/mol. The number of likely N-dealkylation sites (N-methyl/N-ethyl adjacent to an activating group) is 1. The Morgan fingerprint density at radius 1 is 1.27 bits per heavy atom. The third kappa shape index (κ3) is 7.21. The molecule has 3 aliphatic heterocycles. The van der Waals surface area contributed by atoms with E-state index in [1.54, 1.807) is 45.2 Å². The highest BCUT2D eigenvalue weighted by Gasteiger charge is 2.64. The van der Waals surface area contributed by atoms with Crippen molar-refractivity contribution in [3.63, 3.8) is 0 Å². The first-order valence-corrected chi connectivity index (χ1v) is 14.9. The third-order valence-corrected chi connectivity index (χ3v) is 8.95. The van der Waals surface area contributed by atoms with Crippen molar-refractivity contribution in [2.24, 2.45) is 5.92 Å². The number of aliphatic hydroxyl groups is 1. The van der Waals surface area contributed by atoms with Crippen LogP contribution in [0, 0.1) is 5.92 Å². The summed E-state index contributed by atoms with van der Waals surface area (Å²) in [5, 5.41) is 20.0. The number of allylic oxidation sites excluding steroid dienone is 3. The number of epoxide rings is 1. The van der Waals surface area contributed by atoms with E-state index in [1.165, 1.54) is 14.2 Å². The van der Waals surface area contributed by atoms with Gasteiger partial charge in [-0.3, -0.25) is 14.9 Å². The summed E-state index contributed by atoms with van der Waals surface area (Å²) in [4.78, 5) is 39.0. The summed E-state index contributed by atoms with van der Waals surface area (Å²) >= 11 is 6.58. The lowest BCUT2D eigenvalue weighted by molar-refractivity contribution is -0.155. The van der Waals surface area contributed by atoms with Crippen LogP contribution in [0.4, 0.5) is 10.5 Å². The SMILES string of the molecule is CNC(C)C(=O)OC1CC(=O)Nc2cc(cc(OC)c2Cl)C/C(C)=C/C=C/C(OC)C2(O)CC(OC(=O)N2)C(C)C2OC12C. The van der Waals surface area contributed by atoms with Crippen molar-refractivity contribution in [3.05, 3.63) is 46.5 Å². The molecule has 1 aromatic rings. The number of alkyl carbamates (subject to hydrolysis) is 1. The number of carbonyl (C=O) groups excluding carboxylic acids is 3. The molecule has 242 valence electrons. The standard InChI is InChI=1S/C31H42ClN3O9/c1-16-9-8-10-23(41-7)31(39)15-22(42-29(38)35-31)17(2)27-30(4,44-27)24(43-28(37)18(3)33-5)14-25(36)34-20-12-19(11-16)13-21(40-6)26(20)32/h8-10,12-13,17-18,22-24,27,33,39H,11,14-15H2,1-7H3,(H,34,36)(H,35,38)/b10-8+,16-9+. The Morgan fingerprint density at radius 2 is 2.00 bits per heavy atom. The number of rotatable bonds is 5. The number of amides is 2. The minimum atomic E-state index is -1.78. The second-order valence-electron chi connectivity index (χ2n) is 11.9. The highest BCUT2D eigenvalue weighted by molar-refractivity contribution is 6.35. The number of carbonyl (C=O) groups is 3. The second-order valence-corrected chi connectivity index (χ2v) is 12.2. The number of anilines is 1. The molecule has 3 aliphatic rings. The fourth-order valence-electron chi connectivity index (χ4n) is 5.77. The zero-order valence-electron chi connectivity index (χ0n) is 26.1. The average Bonchev–Trinajstić information content (AvgIpc) is 3.66. The molecule has 4 N–H and O–H groups in total. The summed E-state index contributed by atoms with van der Waals surface area (Å²) in [5.74, 6) is -1.09. The molecule has 2 amide bonds. The van der Waals surface area contributed by atoms with Crippen molar-refractivity contribution in [2.75, 3.05) is 26.6 Å². The van der Waals surface area contributed by atoms with Crippen LogP contribution < -0.4 is 20.7 Å². The van der Waals surface area contributed by atoms with E-state index in [2.05, 4.69) is 16.0 Å². The number of benzene rings is 1. The predicted molar refractivity (Wildman–Crippen MR) is 162 cm³/mol. The minimum Gasteiger partial charge on any atom is -0.495 e. The van der Waals surface area contributed by atoms with Crippen LogP contribution >= 0.6 is 11.6 Å². The maximum atomic E-state index is 13.5. The van der Waals surface area contributed by atoms with Crippen molar-refractivity contribution >= 4 is 35.3 Å². The number of halogens is 1. The van der Waals surface area contributed by atoms with Crippen LogP contribution in [-0.4, -0.2) is 86.1 Å². The fourth-order valence-corrected chi connectivity index (χ4v) is 6.00. The number of methoxy groups -OCH3 is 2. The number of hydrogen-bond donors (Lipinski definition) is 4. The van der Waals surface area contributed by atoms with Crippen LogP contribution in [-0.2, 0) is 35.0 Å². The number of fused-ring (bicyclic) bond motifs is 5. The van der Waals surface area contributed by atoms with Gasteiger partial charge >= 0.3 is 12.1 Å². The van der Waals surface area contributed by atoms with Gasteiger partial charge in [-0.25, -0.2) is 4.79 Å². The number of hydrogen-bond acceptors (Lipinski definition) is 10. The summed E-state index contributed by atoms with van der Waals surface area (Å²) in [6, 6.07) is 2.91. The van der Waals surface area contributed by atoms with Gasteiger partial charge in [-0.05, 0) is 51.9 Å². The summed E-state index contributed by atoms with van der Waals surface area (Å²) in [7, 11) is 4.55. The summed E-state index contributed by atoms with van der Waals surface area (Å²) < 4.78 is 28.6. The Kier molecular flexibility index (Phi) is 10.3. The molecule has 2 fully saturated rings. The highest BCUT2D eigenvalue weighted by Crippen LogP contribution is 2.49. The van der Waals surface area contributed by atoms with Crippen LogP contribution in [0.15, 0.2) is 35.9 Å². The Bertz CT molecular complexity index is 1340. The van der Waals surface area contributed by atoms with E-state index in [0.717, 1.165) is 11.1 Å². The second kappa shape index (κ2) is 13.5. The quantitative estimate of drug-likeness (QED) is 0.280. The van der Waals surface area contributed by atoms with E-state index < -0.39 is 65.7 Å². The molecule has 0 aliphatic carbocycles. The van der Waals surface area contributed by atoms with E-state index in [-0.39, 0.29) is 17.9 Å². The number of ether oxygens (including phenoxy) is 5. The smallest absolute Gasteiger partial charge is 0.409 e. The summed E-state index contributed by atoms with van der Waals surface area (Å²) in [6.45, 7) is 7.13. The van der Waals surface area contributed by atoms with Gasteiger partial charge in [0.2, 0.25) is 5.91 Å². The van der Waals surface area contributed by atoms with E-state index in [4.69, 9.17) is 35.3 Å². The minimum absolute atomic E-state index is 0.00670. The first-order valence-electron chi connectivity index (χ1n) is 14.5. The van der Waals surface area contributed by atoms with Crippen LogP contribution in [0.1, 0.15) is 46.1 Å². The molecule has 0 radical (unpaired) electrons. The highest BCUT2D eigenvalue weighted by atomic mass is 35.5. The average molecular weight is 636 g/mol. The molecule has 4 rings (SSSR count). The lowest BCUT2D eigenvalue weighted by Gasteiger charge is -2.42. The van der Waals surface area contributed by atoms with Gasteiger partial charge in [-0.15, -0.1) is 0 Å². The normalized spacial score (nSPS) is 35.0. The lowest BCUT2D eigenvalue weighted by Crippen LogP contribution is -2.63. The summed E-state index contributed by atoms with van der Waals surface area (Å²) in [6.07, 6.45) is 1.45. The molecule has 1 aromatic carbocycles. The number of nitrogens with one attached hydrogen (secondary N) is 3. The monoisotopic (exact) mass is 635 g/mol. The molecule has 13 heteroatoms. The van der Waals surface area contributed by atoms with Gasteiger partial charge in [-0.1, -0.05) is 42.3 Å². The molecule has 4 bridgehead atoms. The summed E-state index contributed by atoms with van der Waals surface area (Å²) in [5.41, 5.74) is -0.757. The third-order valence-electron chi connectivity index (χ3n) is 8.56. The first-order chi connectivity index (χ1) is 20.7. The Morgan fingerprint density at radius 3 is 2.66 bits per heavy atom. The molecule has 8 atom stereocenters. The van der Waals surface area contributed by atoms with E-state index in [1.807, 2.05) is 19.9 Å². The zero-order valence-corrected chi connectivity index (χ0v) is 26.8. The van der Waals surface area contributed by atoms with Gasteiger partial charge in [0.15, 0.2) is 5.72 Å². The van der Waals surface area contributed by atoms with Gasteiger partial charge in [0.05, 0.1) is 25.3 Å². The maximum Gasteiger partial charge on any atom is 0.409 e. The molecule has 2 saturated heterocycles. The van der Waals surface area contributed by atoms with E-state index in [0.29, 0.717) is 17.9 Å². The van der Waals surface area contributed by atoms with E-state index >= 15 is 0 Å². The topological polar surface area (TPSA) is 157 Å². The molecular formula is C31H42ClN3O9. The first kappa shape index (κ1) is 33.7. The van der Waals surface area contributed by atoms with Crippen molar-refractivity contribution in [3.8, 4) is 5.75 Å². The van der Waals surface area contributed by atoms with Crippen LogP contribution in [0.3, 0.4) is 0 Å². The lowest BCUT2D eigenvalue weighted by atomic mass is 9.83. The molecule has 12 nitrogen and oxygen atoms in total. The van der Waals surface area contributed by atoms with Crippen molar-refractivity contribution in [1.82, 2.24) is 10.6 Å². The fraction of sp³-hybridized carbons (Fsp3) is 0.581. The molecule has 0 spiro atoms. The van der Waals surface area contributed by atoms with Crippen LogP contribution in [0.5, 0.6) is 5.75 Å². The van der Waals surface area contributed by atoms with Crippen molar-refractivity contribution in [1.29, 1.82) is 0 Å². The molecule has 44 heavy (non-hydrogen) atoms. The van der Waals surface area contributed by atoms with Gasteiger partial charge in [-0.2, -0.15) is 0 Å². The maximum absolute atomic E-state index is 13.5. The Labute approximate surface area is 262 Å². The largest absolute Gasteiger partial charge is 0.495 e. The van der Waals surface area contributed by atoms with E-state index in [9.17, 15) is 19.5 Å². The molecule has 0 saturated carbocycles. The van der Waals surface area contributed by atoms with Crippen molar-refractivity contribution < 1.29 is 43.2 Å². The zero-order chi connectivity index (χ0) is 32.4. The van der Waals surface area contributed by atoms with Crippen LogP contribution in [0.2, 0.25) is 5.02 Å². The van der Waals surface area contributed by atoms with Gasteiger partial charge in [0.25, 0.3) is 0 Å². The van der Waals surface area contributed by atoms with Gasteiger partial charge < -0.3 is 39.4 Å². The number of esters is 1. The molecule has 3 heterocycles. The Balaban J connectivity index is 1.76. The van der Waals surface area contributed by atoms with Gasteiger partial charge in [0.1, 0.15) is 40.7 Å². The molecule has 8 unspecified atom stereocenters. The van der Waals surface area contributed by atoms with Crippen LogP contribution in [0.25, 0.3) is 0 Å². The predicted octanol–water partition coefficient (Wildman–Crippen LogP) is 3.25. The Hall–Kier alpha value is -3.16. The van der Waals surface area contributed by atoms with Crippen molar-refractivity contribution in [2.45, 2.75) is 88.7 Å². The molecule has 0 aromatic heterocycles. The van der Waals surface area contributed by atoms with Gasteiger partial charge in [0, 0.05) is 19.4 Å².